The molecule has 1 amide bonds. The van der Waals surface area contributed by atoms with Crippen LogP contribution in [0, 0.1) is 17.8 Å². The molecule has 4 heteroatoms. The fraction of sp³-hybridized carbons (Fsp3) is 0.529. The molecular weight excluding hydrogens is 262 g/mol. The van der Waals surface area contributed by atoms with Crippen LogP contribution in [0.4, 0.5) is 0 Å². The SMILES string of the molecule is CC(C)CCN(C(=O)c1ccncc1C#CCN)C1CC1. The van der Waals surface area contributed by atoms with Crippen molar-refractivity contribution in [3.05, 3.63) is 29.6 Å². The molecule has 0 atom stereocenters. The Morgan fingerprint density at radius 3 is 2.90 bits per heavy atom. The van der Waals surface area contributed by atoms with Gasteiger partial charge in [-0.2, -0.15) is 0 Å². The number of nitrogens with zero attached hydrogens (tertiary/aromatic N) is 2. The highest BCUT2D eigenvalue weighted by atomic mass is 16.2. The lowest BCUT2D eigenvalue weighted by Crippen LogP contribution is -2.35. The lowest BCUT2D eigenvalue weighted by Gasteiger charge is -2.24. The predicted octanol–water partition coefficient (Wildman–Crippen LogP) is 2.04. The van der Waals surface area contributed by atoms with Crippen LogP contribution in [0.1, 0.15) is 49.0 Å². The van der Waals surface area contributed by atoms with Crippen molar-refractivity contribution in [2.45, 2.75) is 39.2 Å². The van der Waals surface area contributed by atoms with Gasteiger partial charge < -0.3 is 10.6 Å². The largest absolute Gasteiger partial charge is 0.336 e. The van der Waals surface area contributed by atoms with Gasteiger partial charge in [0.2, 0.25) is 0 Å². The van der Waals surface area contributed by atoms with Crippen molar-refractivity contribution in [1.82, 2.24) is 9.88 Å². The average Bonchev–Trinajstić information content (AvgIpc) is 3.30. The van der Waals surface area contributed by atoms with Crippen molar-refractivity contribution in [3.63, 3.8) is 0 Å². The number of carbonyl (C=O) groups excluding carboxylic acids is 1. The second kappa shape index (κ2) is 7.24. The van der Waals surface area contributed by atoms with Crippen molar-refractivity contribution in [2.75, 3.05) is 13.1 Å². The summed E-state index contributed by atoms with van der Waals surface area (Å²) in [7, 11) is 0. The quantitative estimate of drug-likeness (QED) is 0.842. The number of aromatic nitrogens is 1. The van der Waals surface area contributed by atoms with Crippen LogP contribution in [0.5, 0.6) is 0 Å². The zero-order valence-electron chi connectivity index (χ0n) is 12.8. The van der Waals surface area contributed by atoms with E-state index in [-0.39, 0.29) is 12.5 Å². The predicted molar refractivity (Wildman–Crippen MR) is 83.7 cm³/mol. The Morgan fingerprint density at radius 2 is 2.29 bits per heavy atom. The first kappa shape index (κ1) is 15.5. The van der Waals surface area contributed by atoms with Crippen LogP contribution in [0.2, 0.25) is 0 Å². The molecule has 0 radical (unpaired) electrons. The van der Waals surface area contributed by atoms with Crippen LogP contribution in [-0.4, -0.2) is 34.9 Å². The molecule has 1 aromatic rings. The molecule has 21 heavy (non-hydrogen) atoms. The third-order valence-electron chi connectivity index (χ3n) is 3.57. The summed E-state index contributed by atoms with van der Waals surface area (Å²) in [6, 6.07) is 2.16. The summed E-state index contributed by atoms with van der Waals surface area (Å²) in [4.78, 5) is 18.9. The van der Waals surface area contributed by atoms with Crippen molar-refractivity contribution in [3.8, 4) is 11.8 Å². The summed E-state index contributed by atoms with van der Waals surface area (Å²) in [6.07, 6.45) is 6.53. The van der Waals surface area contributed by atoms with E-state index in [1.807, 2.05) is 4.90 Å². The highest BCUT2D eigenvalue weighted by Crippen LogP contribution is 2.29. The fourth-order valence-corrected chi connectivity index (χ4v) is 2.21. The van der Waals surface area contributed by atoms with Gasteiger partial charge in [0.25, 0.3) is 5.91 Å². The minimum Gasteiger partial charge on any atom is -0.336 e. The molecule has 112 valence electrons. The van der Waals surface area contributed by atoms with Gasteiger partial charge in [0, 0.05) is 25.0 Å². The standard InChI is InChI=1S/C17H23N3O/c1-13(2)8-11-20(15-5-6-15)17(21)16-7-10-19-12-14(16)4-3-9-18/h7,10,12-13,15H,5-6,8-9,11,18H2,1-2H3. The van der Waals surface area contributed by atoms with E-state index in [2.05, 4.69) is 30.7 Å². The van der Waals surface area contributed by atoms with E-state index in [0.29, 0.717) is 23.1 Å². The number of nitrogens with two attached hydrogens (primary N) is 1. The van der Waals surface area contributed by atoms with Crippen LogP contribution < -0.4 is 5.73 Å². The van der Waals surface area contributed by atoms with E-state index in [1.54, 1.807) is 18.5 Å². The zero-order valence-corrected chi connectivity index (χ0v) is 12.8. The number of amides is 1. The molecule has 1 aromatic heterocycles. The van der Waals surface area contributed by atoms with Crippen LogP contribution in [0.3, 0.4) is 0 Å². The molecule has 1 heterocycles. The monoisotopic (exact) mass is 285 g/mol. The Bertz CT molecular complexity index is 553. The third kappa shape index (κ3) is 4.30. The smallest absolute Gasteiger partial charge is 0.255 e. The number of pyridine rings is 1. The van der Waals surface area contributed by atoms with Crippen molar-refractivity contribution in [2.24, 2.45) is 11.7 Å². The molecule has 0 aromatic carbocycles. The Morgan fingerprint density at radius 1 is 1.52 bits per heavy atom. The maximum Gasteiger partial charge on any atom is 0.255 e. The second-order valence-electron chi connectivity index (χ2n) is 5.84. The third-order valence-corrected chi connectivity index (χ3v) is 3.57. The van der Waals surface area contributed by atoms with E-state index < -0.39 is 0 Å². The van der Waals surface area contributed by atoms with Gasteiger partial charge in [-0.1, -0.05) is 25.7 Å². The molecular formula is C17H23N3O. The fourth-order valence-electron chi connectivity index (χ4n) is 2.21. The Hall–Kier alpha value is -1.86. The molecule has 0 aliphatic heterocycles. The average molecular weight is 285 g/mol. The summed E-state index contributed by atoms with van der Waals surface area (Å²) < 4.78 is 0. The summed E-state index contributed by atoms with van der Waals surface area (Å²) >= 11 is 0. The maximum absolute atomic E-state index is 12.8. The van der Waals surface area contributed by atoms with Gasteiger partial charge >= 0.3 is 0 Å². The van der Waals surface area contributed by atoms with Gasteiger partial charge in [0.15, 0.2) is 0 Å². The molecule has 2 rings (SSSR count). The number of rotatable bonds is 5. The van der Waals surface area contributed by atoms with Gasteiger partial charge in [0.05, 0.1) is 17.7 Å². The Labute approximate surface area is 126 Å². The first-order chi connectivity index (χ1) is 10.1. The lowest BCUT2D eigenvalue weighted by molar-refractivity contribution is 0.0735. The molecule has 1 fully saturated rings. The molecule has 0 spiro atoms. The van der Waals surface area contributed by atoms with Gasteiger partial charge in [-0.25, -0.2) is 0 Å². The lowest BCUT2D eigenvalue weighted by atomic mass is 10.1. The Balaban J connectivity index is 2.20. The van der Waals surface area contributed by atoms with Crippen LogP contribution >= 0.6 is 0 Å². The summed E-state index contributed by atoms with van der Waals surface area (Å²) in [5, 5.41) is 0. The summed E-state index contributed by atoms with van der Waals surface area (Å²) in [5.74, 6) is 6.41. The molecule has 2 N–H and O–H groups in total. The van der Waals surface area contributed by atoms with Crippen LogP contribution in [-0.2, 0) is 0 Å². The van der Waals surface area contributed by atoms with Gasteiger partial charge in [-0.15, -0.1) is 0 Å². The highest BCUT2D eigenvalue weighted by Gasteiger charge is 2.33. The first-order valence-corrected chi connectivity index (χ1v) is 7.57. The van der Waals surface area contributed by atoms with E-state index in [0.717, 1.165) is 25.8 Å². The molecule has 0 bridgehead atoms. The van der Waals surface area contributed by atoms with E-state index in [4.69, 9.17) is 5.73 Å². The highest BCUT2D eigenvalue weighted by molar-refractivity contribution is 5.97. The zero-order chi connectivity index (χ0) is 15.2. The molecule has 4 nitrogen and oxygen atoms in total. The van der Waals surface area contributed by atoms with Crippen LogP contribution in [0.15, 0.2) is 18.5 Å². The second-order valence-corrected chi connectivity index (χ2v) is 5.84. The van der Waals surface area contributed by atoms with Crippen molar-refractivity contribution >= 4 is 5.91 Å². The summed E-state index contributed by atoms with van der Waals surface area (Å²) in [5.41, 5.74) is 6.72. The normalized spacial score (nSPS) is 13.7. The first-order valence-electron chi connectivity index (χ1n) is 7.57. The maximum atomic E-state index is 12.8. The molecule has 0 saturated heterocycles. The topological polar surface area (TPSA) is 59.2 Å². The van der Waals surface area contributed by atoms with E-state index in [1.165, 1.54) is 0 Å². The molecule has 1 aliphatic carbocycles. The minimum absolute atomic E-state index is 0.0712. The van der Waals surface area contributed by atoms with Crippen molar-refractivity contribution < 1.29 is 4.79 Å². The summed E-state index contributed by atoms with van der Waals surface area (Å²) in [6.45, 7) is 5.45. The van der Waals surface area contributed by atoms with Crippen molar-refractivity contribution in [1.29, 1.82) is 0 Å². The van der Waals surface area contributed by atoms with Crippen LogP contribution in [0.25, 0.3) is 0 Å². The Kier molecular flexibility index (Phi) is 5.35. The van der Waals surface area contributed by atoms with Gasteiger partial charge in [0.1, 0.15) is 0 Å². The van der Waals surface area contributed by atoms with Gasteiger partial charge in [-0.3, -0.25) is 9.78 Å². The number of hydrogen-bond acceptors (Lipinski definition) is 3. The van der Waals surface area contributed by atoms with E-state index >= 15 is 0 Å². The molecule has 0 unspecified atom stereocenters. The minimum atomic E-state index is 0.0712. The van der Waals surface area contributed by atoms with E-state index in [9.17, 15) is 4.79 Å². The number of hydrogen-bond donors (Lipinski definition) is 1. The number of carbonyl (C=O) groups is 1. The van der Waals surface area contributed by atoms with Gasteiger partial charge in [-0.05, 0) is 31.2 Å². The molecule has 1 aliphatic rings. The molecule has 1 saturated carbocycles.